The zero-order valence-electron chi connectivity index (χ0n) is 25.8. The summed E-state index contributed by atoms with van der Waals surface area (Å²) in [5.74, 6) is -1.71. The first-order chi connectivity index (χ1) is 21.7. The zero-order valence-corrected chi connectivity index (χ0v) is 25.8. The van der Waals surface area contributed by atoms with E-state index in [9.17, 15) is 24.3 Å². The molecule has 1 atom stereocenters. The van der Waals surface area contributed by atoms with Gasteiger partial charge in [0.2, 0.25) is 5.91 Å². The molecule has 0 aliphatic heterocycles. The molecule has 11 nitrogen and oxygen atoms in total. The van der Waals surface area contributed by atoms with Gasteiger partial charge in [0.05, 0.1) is 19.3 Å². The van der Waals surface area contributed by atoms with Crippen molar-refractivity contribution in [2.75, 3.05) is 32.8 Å². The maximum Gasteiger partial charge on any atom is 0.343 e. The summed E-state index contributed by atoms with van der Waals surface area (Å²) < 4.78 is 21.5. The number of rotatable bonds is 18. The second-order valence-corrected chi connectivity index (χ2v) is 10.3. The summed E-state index contributed by atoms with van der Waals surface area (Å²) in [4.78, 5) is 49.2. The fourth-order valence-electron chi connectivity index (χ4n) is 4.38. The molecule has 0 saturated carbocycles. The summed E-state index contributed by atoms with van der Waals surface area (Å²) in [5, 5.41) is 14.9. The number of nitrogens with one attached hydrogen (secondary N) is 2. The normalized spacial score (nSPS) is 11.3. The van der Waals surface area contributed by atoms with Gasteiger partial charge in [-0.3, -0.25) is 9.59 Å². The predicted octanol–water partition coefficient (Wildman–Crippen LogP) is 5.27. The maximum absolute atomic E-state index is 12.8. The number of carboxylic acid groups (broad SMARTS) is 1. The molecule has 0 radical (unpaired) electrons. The van der Waals surface area contributed by atoms with Gasteiger partial charge < -0.3 is 34.7 Å². The number of anilines is 1. The van der Waals surface area contributed by atoms with Crippen molar-refractivity contribution in [3.63, 3.8) is 0 Å². The van der Waals surface area contributed by atoms with Crippen LogP contribution in [-0.4, -0.2) is 62.3 Å². The Bertz CT molecular complexity index is 1420. The smallest absolute Gasteiger partial charge is 0.343 e. The molecule has 3 rings (SSSR count). The van der Waals surface area contributed by atoms with Gasteiger partial charge in [-0.2, -0.15) is 0 Å². The molecule has 0 aromatic heterocycles. The summed E-state index contributed by atoms with van der Waals surface area (Å²) in [6.45, 7) is 2.68. The lowest BCUT2D eigenvalue weighted by Gasteiger charge is -2.16. The molecular formula is C34H40N2O9. The number of esters is 1. The molecule has 3 N–H and O–H groups in total. The van der Waals surface area contributed by atoms with Crippen molar-refractivity contribution >= 4 is 29.4 Å². The Morgan fingerprint density at radius 1 is 0.822 bits per heavy atom. The lowest BCUT2D eigenvalue weighted by molar-refractivity contribution is -0.139. The van der Waals surface area contributed by atoms with Crippen LogP contribution >= 0.6 is 0 Å². The number of benzene rings is 3. The van der Waals surface area contributed by atoms with Gasteiger partial charge in [0.25, 0.3) is 5.91 Å². The highest BCUT2D eigenvalue weighted by Gasteiger charge is 2.22. The molecule has 3 aromatic rings. The minimum absolute atomic E-state index is 0.0586. The third kappa shape index (κ3) is 11.3. The summed E-state index contributed by atoms with van der Waals surface area (Å²) in [6.07, 6.45) is 5.65. The molecule has 0 aliphatic rings. The van der Waals surface area contributed by atoms with Crippen LogP contribution in [0.3, 0.4) is 0 Å². The summed E-state index contributed by atoms with van der Waals surface area (Å²) in [6, 6.07) is 16.1. The number of unbranched alkanes of at least 4 members (excludes halogenated alkanes) is 4. The molecule has 0 bridgehead atoms. The van der Waals surface area contributed by atoms with Crippen LogP contribution in [-0.2, 0) is 20.7 Å². The Morgan fingerprint density at radius 3 is 2.16 bits per heavy atom. The van der Waals surface area contributed by atoms with Gasteiger partial charge in [0, 0.05) is 24.8 Å². The van der Waals surface area contributed by atoms with Crippen molar-refractivity contribution in [3.8, 4) is 17.2 Å². The first-order valence-electron chi connectivity index (χ1n) is 14.8. The highest BCUT2D eigenvalue weighted by atomic mass is 16.6. The minimum Gasteiger partial charge on any atom is -0.494 e. The zero-order chi connectivity index (χ0) is 32.6. The number of carboxylic acids is 1. The third-order valence-corrected chi connectivity index (χ3v) is 6.79. The fourth-order valence-corrected chi connectivity index (χ4v) is 4.38. The van der Waals surface area contributed by atoms with Gasteiger partial charge in [0.1, 0.15) is 18.4 Å². The molecule has 0 spiro atoms. The van der Waals surface area contributed by atoms with Crippen LogP contribution < -0.4 is 24.8 Å². The van der Waals surface area contributed by atoms with Gasteiger partial charge in [-0.05, 0) is 72.6 Å². The number of ether oxygens (including phenoxy) is 4. The number of carbonyl (C=O) groups is 4. The molecule has 0 heterocycles. The van der Waals surface area contributed by atoms with E-state index in [1.165, 1.54) is 63.8 Å². The quantitative estimate of drug-likeness (QED) is 0.0982. The predicted molar refractivity (Wildman–Crippen MR) is 168 cm³/mol. The monoisotopic (exact) mass is 620 g/mol. The summed E-state index contributed by atoms with van der Waals surface area (Å²) in [7, 11) is 2.81. The van der Waals surface area contributed by atoms with E-state index in [4.69, 9.17) is 18.9 Å². The molecule has 0 fully saturated rings. The van der Waals surface area contributed by atoms with E-state index in [2.05, 4.69) is 17.6 Å². The molecular weight excluding hydrogens is 580 g/mol. The maximum atomic E-state index is 12.8. The molecule has 1 unspecified atom stereocenters. The number of methoxy groups -OCH3 is 2. The van der Waals surface area contributed by atoms with Crippen LogP contribution in [0.4, 0.5) is 5.69 Å². The SMILES string of the molecule is CCCCCCCOc1ccc(C(=O)Oc2ccc(CC(NC(=O)c3ccc(NC(=O)COC)cc3)C(=O)O)cc2OC)cc1. The van der Waals surface area contributed by atoms with E-state index in [1.807, 2.05) is 0 Å². The molecule has 45 heavy (non-hydrogen) atoms. The number of carbonyl (C=O) groups excluding carboxylic acids is 3. The van der Waals surface area contributed by atoms with Crippen LogP contribution in [0.1, 0.15) is 65.3 Å². The highest BCUT2D eigenvalue weighted by Crippen LogP contribution is 2.29. The number of aliphatic carboxylic acids is 1. The van der Waals surface area contributed by atoms with Crippen LogP contribution in [0.25, 0.3) is 0 Å². The van der Waals surface area contributed by atoms with Gasteiger partial charge >= 0.3 is 11.9 Å². The van der Waals surface area contributed by atoms with Gasteiger partial charge in [-0.25, -0.2) is 9.59 Å². The first kappa shape index (κ1) is 34.6. The largest absolute Gasteiger partial charge is 0.494 e. The van der Waals surface area contributed by atoms with Gasteiger partial charge in [-0.1, -0.05) is 38.7 Å². The van der Waals surface area contributed by atoms with Crippen molar-refractivity contribution in [3.05, 3.63) is 83.4 Å². The van der Waals surface area contributed by atoms with Crippen molar-refractivity contribution in [2.24, 2.45) is 0 Å². The van der Waals surface area contributed by atoms with Crippen LogP contribution in [0.2, 0.25) is 0 Å². The second-order valence-electron chi connectivity index (χ2n) is 10.3. The van der Waals surface area contributed by atoms with Gasteiger partial charge in [0.15, 0.2) is 11.5 Å². The number of hydrogen-bond donors (Lipinski definition) is 3. The molecule has 0 saturated heterocycles. The molecule has 240 valence electrons. The van der Waals surface area contributed by atoms with E-state index in [1.54, 1.807) is 36.4 Å². The van der Waals surface area contributed by atoms with Crippen LogP contribution in [0, 0.1) is 0 Å². The Kier molecular flexibility index (Phi) is 13.9. The topological polar surface area (TPSA) is 149 Å². The summed E-state index contributed by atoms with van der Waals surface area (Å²) in [5.41, 5.74) is 1.54. The Morgan fingerprint density at radius 2 is 1.51 bits per heavy atom. The molecule has 0 aliphatic carbocycles. The van der Waals surface area contributed by atoms with E-state index < -0.39 is 23.9 Å². The van der Waals surface area contributed by atoms with Crippen LogP contribution in [0.5, 0.6) is 17.2 Å². The standard InChI is InChI=1S/C34H40N2O9/c1-4-5-6-7-8-19-44-27-16-12-25(13-17-27)34(41)45-29-18-9-23(21-30(29)43-3)20-28(33(39)40)36-32(38)24-10-14-26(15-11-24)35-31(37)22-42-2/h9-18,21,28H,4-8,19-20,22H2,1-3H3,(H,35,37)(H,36,38)(H,39,40). The van der Waals surface area contributed by atoms with Crippen molar-refractivity contribution in [1.82, 2.24) is 5.32 Å². The lowest BCUT2D eigenvalue weighted by atomic mass is 10.0. The molecule has 2 amide bonds. The summed E-state index contributed by atoms with van der Waals surface area (Å²) >= 11 is 0. The minimum atomic E-state index is -1.26. The van der Waals surface area contributed by atoms with Crippen LogP contribution in [0.15, 0.2) is 66.7 Å². The van der Waals surface area contributed by atoms with E-state index >= 15 is 0 Å². The molecule has 3 aromatic carbocycles. The lowest BCUT2D eigenvalue weighted by Crippen LogP contribution is -2.42. The second kappa shape index (κ2) is 18.0. The average molecular weight is 621 g/mol. The van der Waals surface area contributed by atoms with Crippen molar-refractivity contribution in [1.29, 1.82) is 0 Å². The first-order valence-corrected chi connectivity index (χ1v) is 14.8. The Labute approximate surface area is 262 Å². The fraction of sp³-hybridized carbons (Fsp3) is 0.353. The van der Waals surface area contributed by atoms with E-state index in [0.29, 0.717) is 29.2 Å². The van der Waals surface area contributed by atoms with Crippen molar-refractivity contribution in [2.45, 2.75) is 51.5 Å². The third-order valence-electron chi connectivity index (χ3n) is 6.79. The Hall–Kier alpha value is -4.90. The molecule has 11 heteroatoms. The highest BCUT2D eigenvalue weighted by molar-refractivity contribution is 5.98. The van der Waals surface area contributed by atoms with Gasteiger partial charge in [-0.15, -0.1) is 0 Å². The number of amides is 2. The Balaban J connectivity index is 1.58. The van der Waals surface area contributed by atoms with E-state index in [-0.39, 0.29) is 36.0 Å². The average Bonchev–Trinajstić information content (AvgIpc) is 3.03. The van der Waals surface area contributed by atoms with E-state index in [0.717, 1.165) is 12.8 Å². The number of hydrogen-bond acceptors (Lipinski definition) is 8. The van der Waals surface area contributed by atoms with Crippen molar-refractivity contribution < 1.29 is 43.2 Å².